The summed E-state index contributed by atoms with van der Waals surface area (Å²) in [7, 11) is 3.43. The summed E-state index contributed by atoms with van der Waals surface area (Å²) in [5.74, 6) is 0.168. The molecule has 7 heteroatoms. The van der Waals surface area contributed by atoms with E-state index in [4.69, 9.17) is 8.83 Å². The number of hydrogen-bond donors (Lipinski definition) is 1. The Morgan fingerprint density at radius 3 is 2.78 bits per heavy atom. The van der Waals surface area contributed by atoms with Crippen LogP contribution in [0.25, 0.3) is 11.1 Å². The van der Waals surface area contributed by atoms with E-state index in [1.165, 1.54) is 4.90 Å². The summed E-state index contributed by atoms with van der Waals surface area (Å²) in [5.41, 5.74) is 1.91. The molecule has 0 aromatic carbocycles. The van der Waals surface area contributed by atoms with Gasteiger partial charge in [-0.25, -0.2) is 0 Å². The lowest BCUT2D eigenvalue weighted by molar-refractivity contribution is -0.129. The number of carbonyl (C=O) groups is 2. The van der Waals surface area contributed by atoms with Gasteiger partial charge in [0.25, 0.3) is 5.91 Å². The van der Waals surface area contributed by atoms with Gasteiger partial charge < -0.3 is 23.6 Å². The van der Waals surface area contributed by atoms with Crippen molar-refractivity contribution >= 4 is 22.9 Å². The SMILES string of the molecule is CN(Cc1ccco1)C(=O)CNC(=O)c1cc2occc2n1C. The minimum absolute atomic E-state index is 0.0808. The molecular weight excluding hydrogens is 298 g/mol. The van der Waals surface area contributed by atoms with Gasteiger partial charge in [-0.15, -0.1) is 0 Å². The number of nitrogens with zero attached hydrogens (tertiary/aromatic N) is 2. The van der Waals surface area contributed by atoms with Crippen LogP contribution in [0.15, 0.2) is 45.6 Å². The van der Waals surface area contributed by atoms with Crippen LogP contribution in [0.4, 0.5) is 0 Å². The fraction of sp³-hybridized carbons (Fsp3) is 0.250. The van der Waals surface area contributed by atoms with Crippen molar-refractivity contribution in [2.24, 2.45) is 7.05 Å². The van der Waals surface area contributed by atoms with Crippen LogP contribution in [0.3, 0.4) is 0 Å². The van der Waals surface area contributed by atoms with Crippen molar-refractivity contribution in [1.29, 1.82) is 0 Å². The van der Waals surface area contributed by atoms with Gasteiger partial charge in [0.1, 0.15) is 11.5 Å². The van der Waals surface area contributed by atoms with Gasteiger partial charge in [-0.1, -0.05) is 0 Å². The highest BCUT2D eigenvalue weighted by Crippen LogP contribution is 2.19. The average molecular weight is 315 g/mol. The van der Waals surface area contributed by atoms with E-state index >= 15 is 0 Å². The second-order valence-corrected chi connectivity index (χ2v) is 5.27. The van der Waals surface area contributed by atoms with Crippen molar-refractivity contribution in [1.82, 2.24) is 14.8 Å². The normalized spacial score (nSPS) is 10.9. The molecule has 120 valence electrons. The van der Waals surface area contributed by atoms with E-state index < -0.39 is 0 Å². The molecule has 0 spiro atoms. The molecule has 3 heterocycles. The smallest absolute Gasteiger partial charge is 0.268 e. The Bertz CT molecular complexity index is 829. The van der Waals surface area contributed by atoms with Crippen LogP contribution in [0.1, 0.15) is 16.2 Å². The molecule has 0 saturated carbocycles. The largest absolute Gasteiger partial charge is 0.467 e. The van der Waals surface area contributed by atoms with Crippen molar-refractivity contribution in [3.63, 3.8) is 0 Å². The van der Waals surface area contributed by atoms with Gasteiger partial charge in [0.15, 0.2) is 5.58 Å². The van der Waals surface area contributed by atoms with Crippen LogP contribution in [0.5, 0.6) is 0 Å². The molecule has 3 aromatic heterocycles. The van der Waals surface area contributed by atoms with Gasteiger partial charge in [0.05, 0.1) is 31.1 Å². The van der Waals surface area contributed by atoms with E-state index in [0.717, 1.165) is 5.52 Å². The molecule has 7 nitrogen and oxygen atoms in total. The predicted molar refractivity (Wildman–Crippen MR) is 82.7 cm³/mol. The number of fused-ring (bicyclic) bond motifs is 1. The molecule has 0 saturated heterocycles. The Balaban J connectivity index is 1.58. The van der Waals surface area contributed by atoms with Crippen molar-refractivity contribution in [3.05, 3.63) is 48.2 Å². The Morgan fingerprint density at radius 2 is 2.09 bits per heavy atom. The molecule has 0 fully saturated rings. The zero-order chi connectivity index (χ0) is 16.4. The number of aryl methyl sites for hydroxylation is 1. The van der Waals surface area contributed by atoms with E-state index in [0.29, 0.717) is 23.6 Å². The molecule has 0 bridgehead atoms. The third kappa shape index (κ3) is 2.98. The van der Waals surface area contributed by atoms with E-state index in [1.807, 2.05) is 0 Å². The second-order valence-electron chi connectivity index (χ2n) is 5.27. The maximum absolute atomic E-state index is 12.2. The molecule has 0 atom stereocenters. The molecule has 23 heavy (non-hydrogen) atoms. The Morgan fingerprint density at radius 1 is 1.26 bits per heavy atom. The van der Waals surface area contributed by atoms with E-state index in [2.05, 4.69) is 5.32 Å². The quantitative estimate of drug-likeness (QED) is 0.778. The van der Waals surface area contributed by atoms with Gasteiger partial charge in [-0.3, -0.25) is 9.59 Å². The summed E-state index contributed by atoms with van der Waals surface area (Å²) in [6, 6.07) is 7.00. The zero-order valence-corrected chi connectivity index (χ0v) is 12.9. The fourth-order valence-corrected chi connectivity index (χ4v) is 2.37. The summed E-state index contributed by atoms with van der Waals surface area (Å²) in [6.45, 7) is 0.279. The second kappa shape index (κ2) is 6.04. The van der Waals surface area contributed by atoms with Gasteiger partial charge >= 0.3 is 0 Å². The Hall–Kier alpha value is -2.96. The van der Waals surface area contributed by atoms with Crippen LogP contribution in [0, 0.1) is 0 Å². The third-order valence-electron chi connectivity index (χ3n) is 3.70. The number of hydrogen-bond acceptors (Lipinski definition) is 4. The summed E-state index contributed by atoms with van der Waals surface area (Å²) < 4.78 is 12.2. The molecule has 3 aromatic rings. The van der Waals surface area contributed by atoms with Crippen LogP contribution in [0.2, 0.25) is 0 Å². The van der Waals surface area contributed by atoms with Crippen LogP contribution in [-0.2, 0) is 18.4 Å². The molecule has 0 aliphatic carbocycles. The summed E-state index contributed by atoms with van der Waals surface area (Å²) >= 11 is 0. The lowest BCUT2D eigenvalue weighted by Gasteiger charge is -2.16. The highest BCUT2D eigenvalue weighted by atomic mass is 16.3. The molecular formula is C16H17N3O4. The van der Waals surface area contributed by atoms with Crippen molar-refractivity contribution in [3.8, 4) is 0 Å². The standard InChI is InChI=1S/C16H17N3O4/c1-18(10-11-4-3-6-22-11)15(20)9-17-16(21)13-8-14-12(19(13)2)5-7-23-14/h3-8H,9-10H2,1-2H3,(H,17,21). The van der Waals surface area contributed by atoms with E-state index in [-0.39, 0.29) is 18.4 Å². The summed E-state index contributed by atoms with van der Waals surface area (Å²) in [5, 5.41) is 2.63. The first-order valence-electron chi connectivity index (χ1n) is 7.13. The minimum atomic E-state index is -0.321. The van der Waals surface area contributed by atoms with E-state index in [9.17, 15) is 9.59 Å². The monoisotopic (exact) mass is 315 g/mol. The van der Waals surface area contributed by atoms with Crippen molar-refractivity contribution < 1.29 is 18.4 Å². The summed E-state index contributed by atoms with van der Waals surface area (Å²) in [6.07, 6.45) is 3.13. The molecule has 0 aliphatic heterocycles. The lowest BCUT2D eigenvalue weighted by atomic mass is 10.3. The molecule has 0 aliphatic rings. The van der Waals surface area contributed by atoms with Gasteiger partial charge in [0, 0.05) is 26.2 Å². The number of amides is 2. The molecule has 1 N–H and O–H groups in total. The molecule has 3 rings (SSSR count). The first-order chi connectivity index (χ1) is 11.1. The zero-order valence-electron chi connectivity index (χ0n) is 12.9. The highest BCUT2D eigenvalue weighted by Gasteiger charge is 2.17. The number of furan rings is 2. The van der Waals surface area contributed by atoms with Crippen LogP contribution in [-0.4, -0.2) is 34.9 Å². The highest BCUT2D eigenvalue weighted by molar-refractivity contribution is 5.99. The maximum Gasteiger partial charge on any atom is 0.268 e. The minimum Gasteiger partial charge on any atom is -0.467 e. The Labute approximate surface area is 132 Å². The lowest BCUT2D eigenvalue weighted by Crippen LogP contribution is -2.38. The predicted octanol–water partition coefficient (Wildman–Crippen LogP) is 1.75. The van der Waals surface area contributed by atoms with Gasteiger partial charge in [-0.2, -0.15) is 0 Å². The number of likely N-dealkylation sites (N-methyl/N-ethyl adjacent to an activating group) is 1. The topological polar surface area (TPSA) is 80.6 Å². The number of carbonyl (C=O) groups excluding carboxylic acids is 2. The number of aromatic nitrogens is 1. The maximum atomic E-state index is 12.2. The molecule has 0 unspecified atom stereocenters. The third-order valence-corrected chi connectivity index (χ3v) is 3.70. The molecule has 0 radical (unpaired) electrons. The van der Waals surface area contributed by atoms with Crippen LogP contribution < -0.4 is 5.32 Å². The first-order valence-corrected chi connectivity index (χ1v) is 7.13. The van der Waals surface area contributed by atoms with Gasteiger partial charge in [-0.05, 0) is 12.1 Å². The fourth-order valence-electron chi connectivity index (χ4n) is 2.37. The average Bonchev–Trinajstić information content (AvgIpc) is 3.24. The summed E-state index contributed by atoms with van der Waals surface area (Å²) in [4.78, 5) is 25.8. The molecule has 2 amide bonds. The number of nitrogens with one attached hydrogen (secondary N) is 1. The van der Waals surface area contributed by atoms with E-state index in [1.54, 1.807) is 55.5 Å². The van der Waals surface area contributed by atoms with Crippen molar-refractivity contribution in [2.75, 3.05) is 13.6 Å². The Kier molecular flexibility index (Phi) is 3.92. The van der Waals surface area contributed by atoms with Crippen molar-refractivity contribution in [2.45, 2.75) is 6.54 Å². The number of rotatable bonds is 5. The first kappa shape index (κ1) is 15.0. The van der Waals surface area contributed by atoms with Crippen LogP contribution >= 0.6 is 0 Å². The van der Waals surface area contributed by atoms with Gasteiger partial charge in [0.2, 0.25) is 5.91 Å².